The SMILES string of the molecule is COc1cn(-c2ccccc2)nc1C(=O)Oc1ccc(NC(=O)c2cccs2)cc1. The van der Waals surface area contributed by atoms with Crippen LogP contribution in [0.25, 0.3) is 5.69 Å². The highest BCUT2D eigenvalue weighted by Crippen LogP contribution is 2.23. The number of rotatable bonds is 6. The van der Waals surface area contributed by atoms with E-state index in [2.05, 4.69) is 10.4 Å². The number of thiophene rings is 1. The first-order chi connectivity index (χ1) is 14.6. The number of carbonyl (C=O) groups is 2. The Balaban J connectivity index is 1.46. The molecule has 30 heavy (non-hydrogen) atoms. The maximum absolute atomic E-state index is 12.6. The van der Waals surface area contributed by atoms with Crippen molar-refractivity contribution in [3.05, 3.63) is 88.9 Å². The van der Waals surface area contributed by atoms with Crippen LogP contribution in [0.5, 0.6) is 11.5 Å². The van der Waals surface area contributed by atoms with Crippen LogP contribution >= 0.6 is 11.3 Å². The van der Waals surface area contributed by atoms with Gasteiger partial charge < -0.3 is 14.8 Å². The van der Waals surface area contributed by atoms with E-state index in [1.807, 2.05) is 41.8 Å². The summed E-state index contributed by atoms with van der Waals surface area (Å²) in [5.74, 6) is -0.197. The van der Waals surface area contributed by atoms with Gasteiger partial charge in [-0.2, -0.15) is 5.10 Å². The van der Waals surface area contributed by atoms with Gasteiger partial charge in [-0.05, 0) is 47.8 Å². The lowest BCUT2D eigenvalue weighted by Crippen LogP contribution is -2.12. The molecule has 0 aliphatic carbocycles. The Morgan fingerprint density at radius 2 is 1.77 bits per heavy atom. The van der Waals surface area contributed by atoms with Crippen LogP contribution in [0.3, 0.4) is 0 Å². The number of hydrogen-bond acceptors (Lipinski definition) is 6. The van der Waals surface area contributed by atoms with Gasteiger partial charge in [0.2, 0.25) is 5.69 Å². The largest absolute Gasteiger partial charge is 0.493 e. The summed E-state index contributed by atoms with van der Waals surface area (Å²) in [4.78, 5) is 25.3. The van der Waals surface area contributed by atoms with Crippen LogP contribution in [0, 0.1) is 0 Å². The fourth-order valence-electron chi connectivity index (χ4n) is 2.72. The van der Waals surface area contributed by atoms with Gasteiger partial charge >= 0.3 is 5.97 Å². The van der Waals surface area contributed by atoms with Crippen molar-refractivity contribution in [2.45, 2.75) is 0 Å². The molecule has 4 aromatic rings. The molecule has 0 radical (unpaired) electrons. The summed E-state index contributed by atoms with van der Waals surface area (Å²) in [6.07, 6.45) is 1.62. The second-order valence-corrected chi connectivity index (χ2v) is 7.12. The molecule has 4 rings (SSSR count). The highest BCUT2D eigenvalue weighted by molar-refractivity contribution is 7.12. The number of ether oxygens (including phenoxy) is 2. The molecule has 0 aliphatic rings. The van der Waals surface area contributed by atoms with Crippen LogP contribution in [0.4, 0.5) is 5.69 Å². The molecular weight excluding hydrogens is 402 g/mol. The summed E-state index contributed by atoms with van der Waals surface area (Å²) in [6.45, 7) is 0. The molecule has 8 heteroatoms. The molecule has 0 spiro atoms. The lowest BCUT2D eigenvalue weighted by atomic mass is 10.3. The number of nitrogens with one attached hydrogen (secondary N) is 1. The zero-order valence-electron chi connectivity index (χ0n) is 15.9. The molecule has 150 valence electrons. The van der Waals surface area contributed by atoms with Crippen LogP contribution in [-0.2, 0) is 0 Å². The molecular formula is C22H17N3O4S. The summed E-state index contributed by atoms with van der Waals surface area (Å²) in [6, 6.07) is 19.5. The van der Waals surface area contributed by atoms with Gasteiger partial charge in [0.15, 0.2) is 5.75 Å². The molecule has 2 aromatic carbocycles. The molecule has 2 heterocycles. The smallest absolute Gasteiger partial charge is 0.368 e. The number of esters is 1. The minimum absolute atomic E-state index is 0.0661. The molecule has 0 unspecified atom stereocenters. The molecule has 0 atom stereocenters. The number of nitrogens with zero attached hydrogens (tertiary/aromatic N) is 2. The second kappa shape index (κ2) is 8.62. The normalized spacial score (nSPS) is 10.4. The third-order valence-electron chi connectivity index (χ3n) is 4.18. The van der Waals surface area contributed by atoms with E-state index in [-0.39, 0.29) is 11.6 Å². The average Bonchev–Trinajstić information content (AvgIpc) is 3.46. The van der Waals surface area contributed by atoms with E-state index in [0.717, 1.165) is 5.69 Å². The maximum atomic E-state index is 12.6. The number of anilines is 1. The minimum Gasteiger partial charge on any atom is -0.493 e. The first kappa shape index (κ1) is 19.4. The van der Waals surface area contributed by atoms with E-state index in [9.17, 15) is 9.59 Å². The van der Waals surface area contributed by atoms with E-state index < -0.39 is 5.97 Å². The van der Waals surface area contributed by atoms with Gasteiger partial charge in [0.1, 0.15) is 5.75 Å². The Morgan fingerprint density at radius 1 is 1.00 bits per heavy atom. The monoisotopic (exact) mass is 419 g/mol. The van der Waals surface area contributed by atoms with Crippen LogP contribution in [-0.4, -0.2) is 28.8 Å². The standard InChI is InChI=1S/C22H17N3O4S/c1-28-18-14-25(16-6-3-2-4-7-16)24-20(18)22(27)29-17-11-9-15(10-12-17)23-21(26)19-8-5-13-30-19/h2-14H,1H3,(H,23,26). The number of benzene rings is 2. The Morgan fingerprint density at radius 3 is 2.43 bits per heavy atom. The van der Waals surface area contributed by atoms with Gasteiger partial charge in [-0.15, -0.1) is 11.3 Å². The lowest BCUT2D eigenvalue weighted by molar-refractivity contribution is 0.0724. The Kier molecular flexibility index (Phi) is 5.58. The number of hydrogen-bond donors (Lipinski definition) is 1. The minimum atomic E-state index is -0.642. The summed E-state index contributed by atoms with van der Waals surface area (Å²) in [7, 11) is 1.47. The molecule has 0 saturated carbocycles. The summed E-state index contributed by atoms with van der Waals surface area (Å²) < 4.78 is 12.2. The quantitative estimate of drug-likeness (QED) is 0.370. The van der Waals surface area contributed by atoms with Gasteiger partial charge in [0.05, 0.1) is 23.9 Å². The number of carbonyl (C=O) groups excluding carboxylic acids is 2. The molecule has 0 fully saturated rings. The molecule has 7 nitrogen and oxygen atoms in total. The molecule has 0 aliphatic heterocycles. The maximum Gasteiger partial charge on any atom is 0.368 e. The van der Waals surface area contributed by atoms with Gasteiger partial charge in [-0.3, -0.25) is 4.79 Å². The number of para-hydroxylation sites is 1. The van der Waals surface area contributed by atoms with Crippen molar-refractivity contribution in [1.29, 1.82) is 0 Å². The molecule has 1 amide bonds. The van der Waals surface area contributed by atoms with Crippen molar-refractivity contribution in [1.82, 2.24) is 9.78 Å². The number of amides is 1. The first-order valence-electron chi connectivity index (χ1n) is 9.00. The van der Waals surface area contributed by atoms with Crippen LogP contribution in [0.2, 0.25) is 0 Å². The van der Waals surface area contributed by atoms with Crippen LogP contribution in [0.15, 0.2) is 78.3 Å². The summed E-state index contributed by atoms with van der Waals surface area (Å²) >= 11 is 1.36. The second-order valence-electron chi connectivity index (χ2n) is 6.17. The molecule has 1 N–H and O–H groups in total. The molecule has 2 aromatic heterocycles. The average molecular weight is 419 g/mol. The van der Waals surface area contributed by atoms with Gasteiger partial charge in [0.25, 0.3) is 5.91 Å². The van der Waals surface area contributed by atoms with Crippen molar-refractivity contribution in [2.24, 2.45) is 0 Å². The van der Waals surface area contributed by atoms with Gasteiger partial charge in [0, 0.05) is 5.69 Å². The zero-order valence-corrected chi connectivity index (χ0v) is 16.8. The van der Waals surface area contributed by atoms with Crippen molar-refractivity contribution < 1.29 is 19.1 Å². The highest BCUT2D eigenvalue weighted by Gasteiger charge is 2.20. The summed E-state index contributed by atoms with van der Waals surface area (Å²) in [5.41, 5.74) is 1.45. The highest BCUT2D eigenvalue weighted by atomic mass is 32.1. The zero-order chi connectivity index (χ0) is 20.9. The van der Waals surface area contributed by atoms with Gasteiger partial charge in [-0.25, -0.2) is 9.48 Å². The Labute approximate surface area is 176 Å². The topological polar surface area (TPSA) is 82.5 Å². The van der Waals surface area contributed by atoms with E-state index in [1.54, 1.807) is 41.2 Å². The third-order valence-corrected chi connectivity index (χ3v) is 5.05. The number of methoxy groups -OCH3 is 1. The molecule has 0 saturated heterocycles. The first-order valence-corrected chi connectivity index (χ1v) is 9.88. The van der Waals surface area contributed by atoms with Crippen molar-refractivity contribution >= 4 is 28.9 Å². The lowest BCUT2D eigenvalue weighted by Gasteiger charge is -2.06. The predicted octanol–water partition coefficient (Wildman–Crippen LogP) is 4.41. The number of aromatic nitrogens is 2. The predicted molar refractivity (Wildman–Crippen MR) is 114 cm³/mol. The third kappa shape index (κ3) is 4.23. The van der Waals surface area contributed by atoms with E-state index in [1.165, 1.54) is 18.4 Å². The van der Waals surface area contributed by atoms with Crippen LogP contribution in [0.1, 0.15) is 20.2 Å². The van der Waals surface area contributed by atoms with E-state index in [4.69, 9.17) is 9.47 Å². The van der Waals surface area contributed by atoms with Crippen molar-refractivity contribution in [2.75, 3.05) is 12.4 Å². The molecule has 0 bridgehead atoms. The Hall–Kier alpha value is -3.91. The van der Waals surface area contributed by atoms with Crippen molar-refractivity contribution in [3.8, 4) is 17.2 Å². The fourth-order valence-corrected chi connectivity index (χ4v) is 3.34. The van der Waals surface area contributed by atoms with Crippen molar-refractivity contribution in [3.63, 3.8) is 0 Å². The fraction of sp³-hybridized carbons (Fsp3) is 0.0455. The summed E-state index contributed by atoms with van der Waals surface area (Å²) in [5, 5.41) is 8.92. The Bertz CT molecular complexity index is 1150. The van der Waals surface area contributed by atoms with E-state index >= 15 is 0 Å². The van der Waals surface area contributed by atoms with Crippen LogP contribution < -0.4 is 14.8 Å². The van der Waals surface area contributed by atoms with E-state index in [0.29, 0.717) is 22.1 Å². The van der Waals surface area contributed by atoms with Gasteiger partial charge in [-0.1, -0.05) is 24.3 Å².